The summed E-state index contributed by atoms with van der Waals surface area (Å²) in [6.07, 6.45) is 0.255. The second kappa shape index (κ2) is 6.21. The van der Waals surface area contributed by atoms with Crippen LogP contribution in [0.15, 0.2) is 0 Å². The van der Waals surface area contributed by atoms with Crippen molar-refractivity contribution in [1.29, 1.82) is 0 Å². The van der Waals surface area contributed by atoms with Gasteiger partial charge < -0.3 is 10.4 Å². The zero-order valence-corrected chi connectivity index (χ0v) is 12.5. The molecule has 4 nitrogen and oxygen atoms in total. The third-order valence-electron chi connectivity index (χ3n) is 3.35. The van der Waals surface area contributed by atoms with E-state index >= 15 is 0 Å². The lowest BCUT2D eigenvalue weighted by Crippen LogP contribution is -2.36. The molecule has 0 aliphatic carbocycles. The lowest BCUT2D eigenvalue weighted by Gasteiger charge is -2.28. The number of carboxylic acid groups (broad SMARTS) is 1. The minimum Gasteiger partial charge on any atom is -0.481 e. The molecule has 0 aromatic heterocycles. The second-order valence-electron chi connectivity index (χ2n) is 6.98. The maximum Gasteiger partial charge on any atom is 0.303 e. The van der Waals surface area contributed by atoms with Gasteiger partial charge in [0.15, 0.2) is 0 Å². The van der Waals surface area contributed by atoms with Crippen molar-refractivity contribution in [2.45, 2.75) is 54.4 Å². The summed E-state index contributed by atoms with van der Waals surface area (Å²) >= 11 is 0. The molecule has 0 spiro atoms. The van der Waals surface area contributed by atoms with E-state index in [4.69, 9.17) is 5.11 Å². The Morgan fingerprint density at radius 3 is 2.00 bits per heavy atom. The molecule has 2 N–H and O–H groups in total. The highest BCUT2D eigenvalue weighted by Crippen LogP contribution is 2.26. The molecular weight excluding hydrogens is 230 g/mol. The zero-order chi connectivity index (χ0) is 14.6. The SMILES string of the molecule is CC(CNC(=O)CC(C)(C)CC(=O)O)C(C)(C)C. The van der Waals surface area contributed by atoms with E-state index in [0.717, 1.165) is 0 Å². The minimum absolute atomic E-state index is 0.00917. The molecule has 0 rings (SSSR count). The van der Waals surface area contributed by atoms with Crippen LogP contribution in [0.25, 0.3) is 0 Å². The molecule has 0 aliphatic rings. The van der Waals surface area contributed by atoms with Crippen LogP contribution >= 0.6 is 0 Å². The lowest BCUT2D eigenvalue weighted by molar-refractivity contribution is -0.139. The highest BCUT2D eigenvalue weighted by molar-refractivity contribution is 5.77. The molecule has 1 unspecified atom stereocenters. The Morgan fingerprint density at radius 2 is 1.61 bits per heavy atom. The van der Waals surface area contributed by atoms with Crippen LogP contribution in [0.5, 0.6) is 0 Å². The van der Waals surface area contributed by atoms with Crippen molar-refractivity contribution < 1.29 is 14.7 Å². The van der Waals surface area contributed by atoms with Gasteiger partial charge >= 0.3 is 5.97 Å². The zero-order valence-electron chi connectivity index (χ0n) is 12.5. The van der Waals surface area contributed by atoms with Gasteiger partial charge in [-0.2, -0.15) is 0 Å². The molecule has 1 atom stereocenters. The van der Waals surface area contributed by atoms with Crippen molar-refractivity contribution >= 4 is 11.9 Å². The topological polar surface area (TPSA) is 66.4 Å². The molecule has 106 valence electrons. The second-order valence-corrected chi connectivity index (χ2v) is 6.98. The van der Waals surface area contributed by atoms with Crippen molar-refractivity contribution in [1.82, 2.24) is 5.32 Å². The Balaban J connectivity index is 4.16. The monoisotopic (exact) mass is 257 g/mol. The van der Waals surface area contributed by atoms with Crippen molar-refractivity contribution in [2.24, 2.45) is 16.7 Å². The van der Waals surface area contributed by atoms with Gasteiger partial charge in [0.05, 0.1) is 6.42 Å². The number of rotatable bonds is 6. The van der Waals surface area contributed by atoms with Gasteiger partial charge in [0.2, 0.25) is 5.91 Å². The summed E-state index contributed by atoms with van der Waals surface area (Å²) in [6, 6.07) is 0. The van der Waals surface area contributed by atoms with Crippen molar-refractivity contribution in [2.75, 3.05) is 6.54 Å². The van der Waals surface area contributed by atoms with Crippen LogP contribution in [0.2, 0.25) is 0 Å². The average molecular weight is 257 g/mol. The van der Waals surface area contributed by atoms with Crippen molar-refractivity contribution in [3.8, 4) is 0 Å². The van der Waals surface area contributed by atoms with E-state index in [-0.39, 0.29) is 24.2 Å². The third-order valence-corrected chi connectivity index (χ3v) is 3.35. The van der Waals surface area contributed by atoms with Gasteiger partial charge in [-0.05, 0) is 16.7 Å². The number of aliphatic carboxylic acids is 1. The van der Waals surface area contributed by atoms with Gasteiger partial charge in [-0.1, -0.05) is 41.5 Å². The highest BCUT2D eigenvalue weighted by atomic mass is 16.4. The average Bonchev–Trinajstić information content (AvgIpc) is 2.09. The Bertz CT molecular complexity index is 303. The molecule has 0 heterocycles. The first-order valence-electron chi connectivity index (χ1n) is 6.42. The summed E-state index contributed by atoms with van der Waals surface area (Å²) in [5, 5.41) is 11.6. The normalized spacial score (nSPS) is 14.1. The first kappa shape index (κ1) is 16.9. The molecule has 0 aliphatic heterocycles. The van der Waals surface area contributed by atoms with Crippen LogP contribution in [0, 0.1) is 16.7 Å². The lowest BCUT2D eigenvalue weighted by atomic mass is 9.82. The fourth-order valence-electron chi connectivity index (χ4n) is 1.54. The summed E-state index contributed by atoms with van der Waals surface area (Å²) in [4.78, 5) is 22.4. The van der Waals surface area contributed by atoms with E-state index in [2.05, 4.69) is 33.0 Å². The predicted molar refractivity (Wildman–Crippen MR) is 72.3 cm³/mol. The van der Waals surface area contributed by atoms with Crippen LogP contribution < -0.4 is 5.32 Å². The molecule has 0 bridgehead atoms. The van der Waals surface area contributed by atoms with Crippen LogP contribution in [-0.2, 0) is 9.59 Å². The number of carboxylic acids is 1. The fraction of sp³-hybridized carbons (Fsp3) is 0.857. The van der Waals surface area contributed by atoms with E-state index in [1.165, 1.54) is 0 Å². The van der Waals surface area contributed by atoms with Crippen molar-refractivity contribution in [3.63, 3.8) is 0 Å². The van der Waals surface area contributed by atoms with Gasteiger partial charge in [0.25, 0.3) is 0 Å². The van der Waals surface area contributed by atoms with Crippen LogP contribution in [0.1, 0.15) is 54.4 Å². The molecule has 0 saturated heterocycles. The number of amides is 1. The number of hydrogen-bond acceptors (Lipinski definition) is 2. The van der Waals surface area contributed by atoms with Gasteiger partial charge in [0.1, 0.15) is 0 Å². The Morgan fingerprint density at radius 1 is 1.11 bits per heavy atom. The predicted octanol–water partition coefficient (Wildman–Crippen LogP) is 2.68. The standard InChI is InChI=1S/C14H27NO3/c1-10(13(2,3)4)9-15-11(16)7-14(5,6)8-12(17)18/h10H,7-9H2,1-6H3,(H,15,16)(H,17,18). The number of nitrogens with one attached hydrogen (secondary N) is 1. The quantitative estimate of drug-likeness (QED) is 0.768. The Kier molecular flexibility index (Phi) is 5.84. The molecule has 0 fully saturated rings. The first-order valence-corrected chi connectivity index (χ1v) is 6.42. The smallest absolute Gasteiger partial charge is 0.303 e. The summed E-state index contributed by atoms with van der Waals surface area (Å²) in [6.45, 7) is 12.7. The third kappa shape index (κ3) is 7.30. The van der Waals surface area contributed by atoms with Gasteiger partial charge in [-0.3, -0.25) is 9.59 Å². The number of carbonyl (C=O) groups is 2. The van der Waals surface area contributed by atoms with Gasteiger partial charge in [0, 0.05) is 13.0 Å². The van der Waals surface area contributed by atoms with E-state index in [0.29, 0.717) is 12.5 Å². The Labute approximate surface area is 110 Å². The Hall–Kier alpha value is -1.06. The van der Waals surface area contributed by atoms with E-state index < -0.39 is 11.4 Å². The van der Waals surface area contributed by atoms with E-state index in [1.807, 2.05) is 0 Å². The van der Waals surface area contributed by atoms with Crippen molar-refractivity contribution in [3.05, 3.63) is 0 Å². The molecule has 0 radical (unpaired) electrons. The van der Waals surface area contributed by atoms with Crippen LogP contribution in [0.4, 0.5) is 0 Å². The fourth-order valence-corrected chi connectivity index (χ4v) is 1.54. The molecule has 0 aromatic carbocycles. The van der Waals surface area contributed by atoms with E-state index in [1.54, 1.807) is 13.8 Å². The molecule has 1 amide bonds. The van der Waals surface area contributed by atoms with Crippen LogP contribution in [-0.4, -0.2) is 23.5 Å². The summed E-state index contributed by atoms with van der Waals surface area (Å²) in [5.74, 6) is -0.558. The molecule has 18 heavy (non-hydrogen) atoms. The maximum absolute atomic E-state index is 11.8. The van der Waals surface area contributed by atoms with Crippen LogP contribution in [0.3, 0.4) is 0 Å². The number of hydrogen-bond donors (Lipinski definition) is 2. The van der Waals surface area contributed by atoms with E-state index in [9.17, 15) is 9.59 Å². The largest absolute Gasteiger partial charge is 0.481 e. The summed E-state index contributed by atoms with van der Waals surface area (Å²) in [5.41, 5.74) is -0.343. The number of carbonyl (C=O) groups excluding carboxylic acids is 1. The molecule has 0 aromatic rings. The minimum atomic E-state index is -0.865. The molecule has 0 saturated carbocycles. The summed E-state index contributed by atoms with van der Waals surface area (Å²) in [7, 11) is 0. The maximum atomic E-state index is 11.8. The molecular formula is C14H27NO3. The molecule has 4 heteroatoms. The van der Waals surface area contributed by atoms with Gasteiger partial charge in [-0.15, -0.1) is 0 Å². The highest BCUT2D eigenvalue weighted by Gasteiger charge is 2.26. The van der Waals surface area contributed by atoms with Gasteiger partial charge in [-0.25, -0.2) is 0 Å². The summed E-state index contributed by atoms with van der Waals surface area (Å²) < 4.78 is 0. The first-order chi connectivity index (χ1) is 7.94.